The minimum Gasteiger partial charge on any atom is -0.329 e. The van der Waals surface area contributed by atoms with Gasteiger partial charge in [-0.3, -0.25) is 4.90 Å². The molecule has 0 amide bonds. The van der Waals surface area contributed by atoms with E-state index in [1.807, 2.05) is 0 Å². The van der Waals surface area contributed by atoms with Crippen molar-refractivity contribution in [3.05, 3.63) is 0 Å². The first-order valence-electron chi connectivity index (χ1n) is 9.13. The molecule has 2 N–H and O–H groups in total. The highest BCUT2D eigenvalue weighted by Crippen LogP contribution is 2.52. The third-order valence-corrected chi connectivity index (χ3v) is 7.16. The molecule has 3 aliphatic carbocycles. The van der Waals surface area contributed by atoms with Gasteiger partial charge < -0.3 is 5.73 Å². The topological polar surface area (TPSA) is 29.3 Å². The number of nitrogens with two attached hydrogens (primary N) is 1. The molecule has 116 valence electrons. The lowest BCUT2D eigenvalue weighted by atomic mass is 9.65. The maximum atomic E-state index is 6.29. The van der Waals surface area contributed by atoms with Crippen molar-refractivity contribution in [3.63, 3.8) is 0 Å². The molecule has 3 saturated carbocycles. The van der Waals surface area contributed by atoms with E-state index >= 15 is 0 Å². The van der Waals surface area contributed by atoms with Crippen LogP contribution in [0.3, 0.4) is 0 Å². The number of nitrogens with zero attached hydrogens (tertiary/aromatic N) is 1. The summed E-state index contributed by atoms with van der Waals surface area (Å²) in [4.78, 5) is 2.73. The van der Waals surface area contributed by atoms with Crippen molar-refractivity contribution in [2.24, 2.45) is 11.1 Å². The molecule has 0 unspecified atom stereocenters. The lowest BCUT2D eigenvalue weighted by Crippen LogP contribution is -2.58. The molecule has 2 nitrogen and oxygen atoms in total. The monoisotopic (exact) mass is 278 g/mol. The fourth-order valence-electron chi connectivity index (χ4n) is 5.43. The summed E-state index contributed by atoms with van der Waals surface area (Å²) in [5, 5.41) is 0. The van der Waals surface area contributed by atoms with Gasteiger partial charge >= 0.3 is 0 Å². The van der Waals surface area contributed by atoms with Gasteiger partial charge in [-0.2, -0.15) is 0 Å². The van der Waals surface area contributed by atoms with Gasteiger partial charge in [0.05, 0.1) is 0 Å². The van der Waals surface area contributed by atoms with Gasteiger partial charge in [0.25, 0.3) is 0 Å². The molecule has 0 heterocycles. The molecule has 2 heteroatoms. The fourth-order valence-corrected chi connectivity index (χ4v) is 5.43. The minimum absolute atomic E-state index is 0.329. The van der Waals surface area contributed by atoms with E-state index < -0.39 is 0 Å². The van der Waals surface area contributed by atoms with E-state index in [1.54, 1.807) is 0 Å². The van der Waals surface area contributed by atoms with Gasteiger partial charge in [-0.1, -0.05) is 32.1 Å². The highest BCUT2D eigenvalue weighted by Gasteiger charge is 2.46. The first-order chi connectivity index (χ1) is 9.70. The predicted octanol–water partition coefficient (Wildman–Crippen LogP) is 4.08. The summed E-state index contributed by atoms with van der Waals surface area (Å²) in [6, 6.07) is 0.810. The quantitative estimate of drug-likeness (QED) is 0.842. The first-order valence-corrected chi connectivity index (χ1v) is 9.13. The Kier molecular flexibility index (Phi) is 4.42. The molecule has 0 radical (unpaired) electrons. The maximum absolute atomic E-state index is 6.29. The van der Waals surface area contributed by atoms with Gasteiger partial charge in [0.2, 0.25) is 0 Å². The Bertz CT molecular complexity index is 303. The van der Waals surface area contributed by atoms with Crippen molar-refractivity contribution in [3.8, 4) is 0 Å². The lowest BCUT2D eigenvalue weighted by Gasteiger charge is -2.52. The molecule has 0 aromatic heterocycles. The highest BCUT2D eigenvalue weighted by molar-refractivity contribution is 5.02. The second-order valence-corrected chi connectivity index (χ2v) is 8.04. The summed E-state index contributed by atoms with van der Waals surface area (Å²) in [5.74, 6) is 0. The average molecular weight is 278 g/mol. The van der Waals surface area contributed by atoms with Gasteiger partial charge in [0, 0.05) is 18.1 Å². The van der Waals surface area contributed by atoms with Crippen LogP contribution in [-0.2, 0) is 0 Å². The van der Waals surface area contributed by atoms with Crippen LogP contribution in [0.1, 0.15) is 83.5 Å². The van der Waals surface area contributed by atoms with E-state index in [2.05, 4.69) is 11.9 Å². The average Bonchev–Trinajstić information content (AvgIpc) is 2.97. The smallest absolute Gasteiger partial charge is 0.0332 e. The van der Waals surface area contributed by atoms with Crippen LogP contribution in [0.2, 0.25) is 0 Å². The van der Waals surface area contributed by atoms with E-state index in [0.29, 0.717) is 5.54 Å². The van der Waals surface area contributed by atoms with Gasteiger partial charge in [0.15, 0.2) is 0 Å². The molecule has 3 rings (SSSR count). The maximum Gasteiger partial charge on any atom is 0.0332 e. The van der Waals surface area contributed by atoms with Crippen LogP contribution in [0.15, 0.2) is 0 Å². The van der Waals surface area contributed by atoms with E-state index in [0.717, 1.165) is 18.0 Å². The molecule has 0 atom stereocenters. The zero-order valence-electron chi connectivity index (χ0n) is 13.5. The Labute approximate surface area is 125 Å². The van der Waals surface area contributed by atoms with Crippen LogP contribution in [-0.4, -0.2) is 30.1 Å². The van der Waals surface area contributed by atoms with Crippen molar-refractivity contribution >= 4 is 0 Å². The van der Waals surface area contributed by atoms with Crippen LogP contribution < -0.4 is 5.73 Å². The Balaban J connectivity index is 1.65. The first kappa shape index (κ1) is 14.8. The third-order valence-electron chi connectivity index (χ3n) is 7.16. The number of rotatable bonds is 3. The van der Waals surface area contributed by atoms with E-state index in [-0.39, 0.29) is 0 Å². The molecular weight excluding hydrogens is 244 g/mol. The van der Waals surface area contributed by atoms with Gasteiger partial charge in [-0.05, 0) is 63.8 Å². The van der Waals surface area contributed by atoms with Crippen LogP contribution in [0.5, 0.6) is 0 Å². The summed E-state index contributed by atoms with van der Waals surface area (Å²) >= 11 is 0. The Hall–Kier alpha value is -0.0800. The van der Waals surface area contributed by atoms with E-state index in [4.69, 9.17) is 5.73 Å². The van der Waals surface area contributed by atoms with Crippen LogP contribution in [0, 0.1) is 5.41 Å². The molecule has 0 saturated heterocycles. The summed E-state index contributed by atoms with van der Waals surface area (Å²) in [6.45, 7) is 0.871. The van der Waals surface area contributed by atoms with Gasteiger partial charge in [0.1, 0.15) is 0 Å². The normalized spacial score (nSPS) is 30.1. The summed E-state index contributed by atoms with van der Waals surface area (Å²) in [7, 11) is 2.38. The molecule has 0 bridgehead atoms. The summed E-state index contributed by atoms with van der Waals surface area (Å²) in [5.41, 5.74) is 7.35. The molecule has 3 fully saturated rings. The SMILES string of the molecule is CN(C1CCCCC1)C1(CN)CCC2(CCCC2)CC1. The van der Waals surface area contributed by atoms with Crippen molar-refractivity contribution in [1.29, 1.82) is 0 Å². The molecule has 20 heavy (non-hydrogen) atoms. The van der Waals surface area contributed by atoms with Crippen LogP contribution in [0.4, 0.5) is 0 Å². The van der Waals surface area contributed by atoms with Gasteiger partial charge in [-0.25, -0.2) is 0 Å². The zero-order valence-corrected chi connectivity index (χ0v) is 13.5. The second kappa shape index (κ2) is 5.96. The number of hydrogen-bond donors (Lipinski definition) is 1. The number of likely N-dealkylation sites (N-methyl/N-ethyl adjacent to an activating group) is 1. The highest BCUT2D eigenvalue weighted by atomic mass is 15.2. The van der Waals surface area contributed by atoms with Gasteiger partial charge in [-0.15, -0.1) is 0 Å². The summed E-state index contributed by atoms with van der Waals surface area (Å²) < 4.78 is 0. The van der Waals surface area contributed by atoms with Crippen molar-refractivity contribution in [2.75, 3.05) is 13.6 Å². The molecule has 0 aromatic carbocycles. The number of hydrogen-bond acceptors (Lipinski definition) is 2. The van der Waals surface area contributed by atoms with Crippen molar-refractivity contribution < 1.29 is 0 Å². The lowest BCUT2D eigenvalue weighted by molar-refractivity contribution is -0.00498. The molecule has 3 aliphatic rings. The van der Waals surface area contributed by atoms with Crippen LogP contribution in [0.25, 0.3) is 0 Å². The molecule has 0 aromatic rings. The zero-order chi connectivity index (χ0) is 14.1. The second-order valence-electron chi connectivity index (χ2n) is 8.04. The largest absolute Gasteiger partial charge is 0.329 e. The Morgan fingerprint density at radius 2 is 1.45 bits per heavy atom. The molecule has 0 aliphatic heterocycles. The van der Waals surface area contributed by atoms with Crippen molar-refractivity contribution in [2.45, 2.75) is 95.1 Å². The molecular formula is C18H34N2. The van der Waals surface area contributed by atoms with Crippen LogP contribution >= 0.6 is 0 Å². The fraction of sp³-hybridized carbons (Fsp3) is 1.00. The van der Waals surface area contributed by atoms with Crippen molar-refractivity contribution in [1.82, 2.24) is 4.90 Å². The third kappa shape index (κ3) is 2.66. The van der Waals surface area contributed by atoms with E-state index in [1.165, 1.54) is 83.5 Å². The minimum atomic E-state index is 0.329. The summed E-state index contributed by atoms with van der Waals surface area (Å²) in [6.07, 6.45) is 18.7. The predicted molar refractivity (Wildman–Crippen MR) is 85.8 cm³/mol. The standard InChI is InChI=1S/C18H34N2/c1-20(16-7-3-2-4-8-16)18(15-19)13-11-17(12-14-18)9-5-6-10-17/h16H,2-15,19H2,1H3. The molecule has 1 spiro atoms. The Morgan fingerprint density at radius 1 is 0.850 bits per heavy atom. The Morgan fingerprint density at radius 3 is 2.00 bits per heavy atom. The van der Waals surface area contributed by atoms with E-state index in [9.17, 15) is 0 Å².